The Bertz CT molecular complexity index is 407. The molecule has 0 aliphatic carbocycles. The summed E-state index contributed by atoms with van der Waals surface area (Å²) < 4.78 is 0. The molecular weight excluding hydrogens is 230 g/mol. The van der Waals surface area contributed by atoms with Crippen LogP contribution < -0.4 is 5.32 Å². The normalized spacial score (nSPS) is 10.2. The van der Waals surface area contributed by atoms with E-state index in [1.165, 1.54) is 4.90 Å². The van der Waals surface area contributed by atoms with Crippen molar-refractivity contribution in [2.45, 2.75) is 20.3 Å². The van der Waals surface area contributed by atoms with E-state index in [9.17, 15) is 4.79 Å². The average Bonchev–Trinajstić information content (AvgIpc) is 2.35. The smallest absolute Gasteiger partial charge is 0.253 e. The number of anilines is 1. The number of aryl methyl sites for hydroxylation is 1. The molecule has 0 fully saturated rings. The van der Waals surface area contributed by atoms with E-state index in [0.717, 1.165) is 24.5 Å². The number of carbonyl (C=O) groups is 1. The summed E-state index contributed by atoms with van der Waals surface area (Å²) >= 11 is 0. The molecule has 0 saturated heterocycles. The second kappa shape index (κ2) is 6.96. The minimum absolute atomic E-state index is 0.0345. The fraction of sp³-hybridized carbons (Fsp3) is 0.538. The van der Waals surface area contributed by atoms with Crippen molar-refractivity contribution in [1.29, 1.82) is 0 Å². The van der Waals surface area contributed by atoms with E-state index in [1.54, 1.807) is 19.2 Å². The van der Waals surface area contributed by atoms with Crippen molar-refractivity contribution < 1.29 is 9.90 Å². The Balaban J connectivity index is 2.87. The zero-order valence-corrected chi connectivity index (χ0v) is 11.2. The van der Waals surface area contributed by atoms with Gasteiger partial charge in [0.25, 0.3) is 5.91 Å². The third kappa shape index (κ3) is 4.00. The highest BCUT2D eigenvalue weighted by Gasteiger charge is 2.12. The first-order valence-corrected chi connectivity index (χ1v) is 6.17. The number of hydrogen-bond donors (Lipinski definition) is 2. The highest BCUT2D eigenvalue weighted by molar-refractivity contribution is 5.94. The number of carbonyl (C=O) groups excluding carboxylic acids is 1. The summed E-state index contributed by atoms with van der Waals surface area (Å²) in [6.45, 7) is 5.06. The van der Waals surface area contributed by atoms with Crippen molar-refractivity contribution in [2.75, 3.05) is 32.1 Å². The van der Waals surface area contributed by atoms with Crippen molar-refractivity contribution >= 4 is 11.7 Å². The lowest BCUT2D eigenvalue weighted by Gasteiger charge is -2.16. The van der Waals surface area contributed by atoms with E-state index in [-0.39, 0.29) is 12.5 Å². The second-order valence-corrected chi connectivity index (χ2v) is 4.26. The maximum atomic E-state index is 12.1. The molecule has 1 aromatic heterocycles. The van der Waals surface area contributed by atoms with Crippen LogP contribution in [0.25, 0.3) is 0 Å². The predicted molar refractivity (Wildman–Crippen MR) is 71.8 cm³/mol. The van der Waals surface area contributed by atoms with Crippen molar-refractivity contribution in [3.8, 4) is 0 Å². The van der Waals surface area contributed by atoms with Gasteiger partial charge in [0.2, 0.25) is 0 Å². The summed E-state index contributed by atoms with van der Waals surface area (Å²) in [7, 11) is 1.67. The molecule has 0 bridgehead atoms. The number of hydrogen-bond acceptors (Lipinski definition) is 4. The molecule has 0 atom stereocenters. The molecule has 100 valence electrons. The number of rotatable bonds is 6. The minimum Gasteiger partial charge on any atom is -0.395 e. The summed E-state index contributed by atoms with van der Waals surface area (Å²) in [6, 6.07) is 3.51. The molecule has 1 amide bonds. The van der Waals surface area contributed by atoms with Crippen LogP contribution in [0.1, 0.15) is 29.4 Å². The van der Waals surface area contributed by atoms with Crippen LogP contribution in [0.3, 0.4) is 0 Å². The van der Waals surface area contributed by atoms with Crippen LogP contribution >= 0.6 is 0 Å². The van der Waals surface area contributed by atoms with Gasteiger partial charge in [0, 0.05) is 31.4 Å². The van der Waals surface area contributed by atoms with Gasteiger partial charge in [-0.25, -0.2) is 4.98 Å². The van der Waals surface area contributed by atoms with Crippen LogP contribution in [0.5, 0.6) is 0 Å². The van der Waals surface area contributed by atoms with Crippen LogP contribution in [-0.4, -0.2) is 47.6 Å². The van der Waals surface area contributed by atoms with Gasteiger partial charge in [-0.1, -0.05) is 6.92 Å². The SMILES string of the molecule is CCCNc1cc(C(=O)N(C)CCO)cc(C)n1. The molecule has 2 N–H and O–H groups in total. The summed E-state index contributed by atoms with van der Waals surface area (Å²) in [5, 5.41) is 12.0. The quantitative estimate of drug-likeness (QED) is 0.799. The van der Waals surface area contributed by atoms with Crippen LogP contribution in [0.15, 0.2) is 12.1 Å². The minimum atomic E-state index is -0.103. The zero-order chi connectivity index (χ0) is 13.5. The number of aliphatic hydroxyl groups is 1. The number of amides is 1. The molecule has 18 heavy (non-hydrogen) atoms. The molecule has 0 unspecified atom stereocenters. The lowest BCUT2D eigenvalue weighted by atomic mass is 10.2. The van der Waals surface area contributed by atoms with Gasteiger partial charge in [0.1, 0.15) is 5.82 Å². The number of pyridine rings is 1. The van der Waals surface area contributed by atoms with Crippen molar-refractivity contribution in [1.82, 2.24) is 9.88 Å². The Hall–Kier alpha value is -1.62. The standard InChI is InChI=1S/C13H21N3O2/c1-4-5-14-12-9-11(8-10(2)15-12)13(18)16(3)6-7-17/h8-9,17H,4-7H2,1-3H3,(H,14,15). The molecular formula is C13H21N3O2. The van der Waals surface area contributed by atoms with Gasteiger partial charge in [-0.2, -0.15) is 0 Å². The van der Waals surface area contributed by atoms with Crippen LogP contribution in [-0.2, 0) is 0 Å². The molecule has 0 saturated carbocycles. The Morgan fingerprint density at radius 3 is 2.83 bits per heavy atom. The van der Waals surface area contributed by atoms with E-state index in [1.807, 2.05) is 6.92 Å². The van der Waals surface area contributed by atoms with Gasteiger partial charge >= 0.3 is 0 Å². The molecule has 0 aromatic carbocycles. The molecule has 0 aliphatic heterocycles. The van der Waals surface area contributed by atoms with Gasteiger partial charge in [-0.15, -0.1) is 0 Å². The summed E-state index contributed by atoms with van der Waals surface area (Å²) in [5.74, 6) is 0.617. The first kappa shape index (κ1) is 14.4. The fourth-order valence-electron chi connectivity index (χ4n) is 1.61. The number of nitrogens with zero attached hydrogens (tertiary/aromatic N) is 2. The third-order valence-electron chi connectivity index (χ3n) is 2.54. The number of likely N-dealkylation sites (N-methyl/N-ethyl adjacent to an activating group) is 1. The largest absolute Gasteiger partial charge is 0.395 e. The molecule has 1 heterocycles. The van der Waals surface area contributed by atoms with Crippen LogP contribution in [0.2, 0.25) is 0 Å². The maximum absolute atomic E-state index is 12.1. The fourth-order valence-corrected chi connectivity index (χ4v) is 1.61. The summed E-state index contributed by atoms with van der Waals surface area (Å²) in [4.78, 5) is 17.9. The van der Waals surface area contributed by atoms with Gasteiger partial charge in [-0.3, -0.25) is 4.79 Å². The Labute approximate surface area is 108 Å². The van der Waals surface area contributed by atoms with Gasteiger partial charge < -0.3 is 15.3 Å². The Morgan fingerprint density at radius 1 is 1.50 bits per heavy atom. The molecule has 1 aromatic rings. The van der Waals surface area contributed by atoms with Gasteiger partial charge in [-0.05, 0) is 25.5 Å². The Morgan fingerprint density at radius 2 is 2.22 bits per heavy atom. The Kier molecular flexibility index (Phi) is 5.58. The zero-order valence-electron chi connectivity index (χ0n) is 11.2. The van der Waals surface area contributed by atoms with Gasteiger partial charge in [0.15, 0.2) is 0 Å². The first-order valence-electron chi connectivity index (χ1n) is 6.17. The molecule has 0 aliphatic rings. The van der Waals surface area contributed by atoms with E-state index >= 15 is 0 Å². The van der Waals surface area contributed by atoms with Crippen LogP contribution in [0, 0.1) is 6.92 Å². The highest BCUT2D eigenvalue weighted by atomic mass is 16.3. The lowest BCUT2D eigenvalue weighted by Crippen LogP contribution is -2.29. The second-order valence-electron chi connectivity index (χ2n) is 4.26. The molecule has 0 radical (unpaired) electrons. The highest BCUT2D eigenvalue weighted by Crippen LogP contribution is 2.12. The number of aromatic nitrogens is 1. The van der Waals surface area contributed by atoms with Crippen molar-refractivity contribution in [3.63, 3.8) is 0 Å². The summed E-state index contributed by atoms with van der Waals surface area (Å²) in [5.41, 5.74) is 1.40. The van der Waals surface area contributed by atoms with Gasteiger partial charge in [0.05, 0.1) is 6.61 Å². The van der Waals surface area contributed by atoms with Crippen molar-refractivity contribution in [2.24, 2.45) is 0 Å². The topological polar surface area (TPSA) is 65.5 Å². The lowest BCUT2D eigenvalue weighted by molar-refractivity contribution is 0.0767. The third-order valence-corrected chi connectivity index (χ3v) is 2.54. The molecule has 1 rings (SSSR count). The molecule has 5 nitrogen and oxygen atoms in total. The average molecular weight is 251 g/mol. The molecule has 0 spiro atoms. The number of aliphatic hydroxyl groups excluding tert-OH is 1. The van der Waals surface area contributed by atoms with E-state index in [0.29, 0.717) is 12.1 Å². The van der Waals surface area contributed by atoms with E-state index in [2.05, 4.69) is 17.2 Å². The summed E-state index contributed by atoms with van der Waals surface area (Å²) in [6.07, 6.45) is 1.00. The van der Waals surface area contributed by atoms with E-state index < -0.39 is 0 Å². The van der Waals surface area contributed by atoms with Crippen LogP contribution in [0.4, 0.5) is 5.82 Å². The predicted octanol–water partition coefficient (Wildman–Crippen LogP) is 1.28. The van der Waals surface area contributed by atoms with Crippen molar-refractivity contribution in [3.05, 3.63) is 23.4 Å². The first-order chi connectivity index (χ1) is 8.58. The molecule has 5 heteroatoms. The monoisotopic (exact) mass is 251 g/mol. The maximum Gasteiger partial charge on any atom is 0.253 e. The van der Waals surface area contributed by atoms with E-state index in [4.69, 9.17) is 5.11 Å². The number of nitrogens with one attached hydrogen (secondary N) is 1.